The summed E-state index contributed by atoms with van der Waals surface area (Å²) >= 11 is 1.88. The number of hydrogen-bond acceptors (Lipinski definition) is 2. The Morgan fingerprint density at radius 2 is 1.32 bits per heavy atom. The molecule has 2 aromatic heterocycles. The molecule has 2 nitrogen and oxygen atoms in total. The second kappa shape index (κ2) is 13.2. The SMILES string of the molecule is CC(C)C[C@H]1C[C@H](C)C[C@H](C)C12c1ccccc1-n1c3ccccc3c3c(N(c4ccccc4)c4ccc(-c5ccc6c(c5)sc5ccccc56)cc4)ccc2c31. The van der Waals surface area contributed by atoms with Crippen LogP contribution in [-0.4, -0.2) is 4.57 Å². The first-order chi connectivity index (χ1) is 27.9. The minimum atomic E-state index is -0.0662. The molecule has 3 heterocycles. The van der Waals surface area contributed by atoms with Gasteiger partial charge >= 0.3 is 0 Å². The Hall–Kier alpha value is -5.64. The van der Waals surface area contributed by atoms with E-state index < -0.39 is 0 Å². The van der Waals surface area contributed by atoms with Crippen LogP contribution in [0.2, 0.25) is 0 Å². The van der Waals surface area contributed by atoms with Crippen LogP contribution in [0.1, 0.15) is 58.1 Å². The van der Waals surface area contributed by atoms with Crippen molar-refractivity contribution in [1.29, 1.82) is 0 Å². The van der Waals surface area contributed by atoms with Crippen molar-refractivity contribution in [3.8, 4) is 16.8 Å². The van der Waals surface area contributed by atoms with E-state index in [-0.39, 0.29) is 5.41 Å². The van der Waals surface area contributed by atoms with Crippen LogP contribution in [-0.2, 0) is 5.41 Å². The average Bonchev–Trinajstić information content (AvgIpc) is 3.78. The molecule has 2 aliphatic rings. The van der Waals surface area contributed by atoms with Gasteiger partial charge < -0.3 is 9.47 Å². The molecule has 1 fully saturated rings. The Bertz CT molecular complexity index is 2970. The van der Waals surface area contributed by atoms with E-state index in [2.05, 4.69) is 195 Å². The highest BCUT2D eigenvalue weighted by Gasteiger charge is 2.54. The second-order valence-electron chi connectivity index (χ2n) is 17.4. The molecule has 0 amide bonds. The highest BCUT2D eigenvalue weighted by Crippen LogP contribution is 2.61. The fraction of sp³-hybridized carbons (Fsp3) is 0.222. The number of nitrogens with zero attached hydrogens (tertiary/aromatic N) is 2. The molecule has 0 N–H and O–H groups in total. The van der Waals surface area contributed by atoms with Crippen molar-refractivity contribution in [2.45, 2.75) is 52.4 Å². The molecular weight excluding hydrogens is 709 g/mol. The molecular formula is C54H48N2S. The number of rotatable bonds is 6. The van der Waals surface area contributed by atoms with Gasteiger partial charge in [0.1, 0.15) is 0 Å². The first-order valence-corrected chi connectivity index (χ1v) is 21.8. The third-order valence-electron chi connectivity index (χ3n) is 13.5. The molecule has 9 aromatic rings. The predicted octanol–water partition coefficient (Wildman–Crippen LogP) is 15.6. The molecule has 4 atom stereocenters. The van der Waals surface area contributed by atoms with Crippen LogP contribution < -0.4 is 4.90 Å². The van der Waals surface area contributed by atoms with E-state index in [4.69, 9.17) is 0 Å². The van der Waals surface area contributed by atoms with E-state index >= 15 is 0 Å². The molecule has 1 aliphatic carbocycles. The summed E-state index contributed by atoms with van der Waals surface area (Å²) in [6.07, 6.45) is 3.73. The molecule has 0 bridgehead atoms. The number of fused-ring (bicyclic) bond motifs is 10. The van der Waals surface area contributed by atoms with Gasteiger partial charge in [0.25, 0.3) is 0 Å². The molecule has 1 aliphatic heterocycles. The van der Waals surface area contributed by atoms with Gasteiger partial charge in [-0.25, -0.2) is 0 Å². The zero-order valence-electron chi connectivity index (χ0n) is 33.2. The van der Waals surface area contributed by atoms with Gasteiger partial charge in [-0.2, -0.15) is 0 Å². The molecule has 1 saturated carbocycles. The third kappa shape index (κ3) is 5.14. The quantitative estimate of drug-likeness (QED) is 0.164. The van der Waals surface area contributed by atoms with Crippen LogP contribution >= 0.6 is 11.3 Å². The standard InChI is InChI=1S/C54H48N2S/c1-34(2)30-39-32-35(3)31-36(4)54(39)45-18-10-12-20-48(45)56-47-19-11-8-17-44(47)52-49(29-28-46(54)53(52)56)55(40-14-6-5-7-15-40)41-25-22-37(23-26-41)38-24-27-43-42-16-9-13-21-50(42)57-51(43)33-38/h5-29,33-36,39H,30-32H2,1-4H3/t35-,36+,39+,54?/m1/s1. The highest BCUT2D eigenvalue weighted by molar-refractivity contribution is 7.25. The summed E-state index contributed by atoms with van der Waals surface area (Å²) in [6.45, 7) is 9.90. The van der Waals surface area contributed by atoms with E-state index in [9.17, 15) is 0 Å². The van der Waals surface area contributed by atoms with E-state index in [0.29, 0.717) is 23.7 Å². The summed E-state index contributed by atoms with van der Waals surface area (Å²) in [7, 11) is 0. The van der Waals surface area contributed by atoms with Gasteiger partial charge in [0.15, 0.2) is 0 Å². The maximum Gasteiger partial charge on any atom is 0.0603 e. The Morgan fingerprint density at radius 3 is 2.14 bits per heavy atom. The van der Waals surface area contributed by atoms with Crippen molar-refractivity contribution in [3.05, 3.63) is 169 Å². The number of anilines is 3. The average molecular weight is 757 g/mol. The lowest BCUT2D eigenvalue weighted by atomic mass is 9.50. The van der Waals surface area contributed by atoms with Crippen molar-refractivity contribution in [1.82, 2.24) is 4.57 Å². The fourth-order valence-corrected chi connectivity index (χ4v) is 12.7. The van der Waals surface area contributed by atoms with Crippen LogP contribution in [0.15, 0.2) is 158 Å². The number of hydrogen-bond donors (Lipinski definition) is 0. The summed E-state index contributed by atoms with van der Waals surface area (Å²) in [6, 6.07) is 59.5. The molecule has 57 heavy (non-hydrogen) atoms. The number of thiophene rings is 1. The maximum atomic E-state index is 2.62. The van der Waals surface area contributed by atoms with Crippen molar-refractivity contribution < 1.29 is 0 Å². The zero-order chi connectivity index (χ0) is 38.4. The van der Waals surface area contributed by atoms with Crippen LogP contribution in [0.4, 0.5) is 17.1 Å². The lowest BCUT2D eigenvalue weighted by Crippen LogP contribution is -2.49. The van der Waals surface area contributed by atoms with Crippen LogP contribution in [0.5, 0.6) is 0 Å². The molecule has 1 spiro atoms. The van der Waals surface area contributed by atoms with E-state index in [1.54, 1.807) is 0 Å². The van der Waals surface area contributed by atoms with Gasteiger partial charge in [-0.1, -0.05) is 131 Å². The number of aromatic nitrogens is 1. The topological polar surface area (TPSA) is 8.17 Å². The molecule has 280 valence electrons. The molecule has 3 heteroatoms. The van der Waals surface area contributed by atoms with Crippen LogP contribution in [0.3, 0.4) is 0 Å². The van der Waals surface area contributed by atoms with Gasteiger partial charge in [0.05, 0.1) is 22.4 Å². The zero-order valence-corrected chi connectivity index (χ0v) is 34.1. The van der Waals surface area contributed by atoms with Gasteiger partial charge in [0, 0.05) is 47.7 Å². The smallest absolute Gasteiger partial charge is 0.0603 e. The predicted molar refractivity (Wildman–Crippen MR) is 245 cm³/mol. The van der Waals surface area contributed by atoms with Crippen molar-refractivity contribution in [2.75, 3.05) is 4.90 Å². The van der Waals surface area contributed by atoms with Gasteiger partial charge in [0.2, 0.25) is 0 Å². The largest absolute Gasteiger partial charge is 0.310 e. The first kappa shape index (κ1) is 34.6. The summed E-state index contributed by atoms with van der Waals surface area (Å²) in [5, 5.41) is 5.33. The van der Waals surface area contributed by atoms with Crippen molar-refractivity contribution >= 4 is 70.4 Å². The van der Waals surface area contributed by atoms with E-state index in [1.165, 1.54) is 94.9 Å². The first-order valence-electron chi connectivity index (χ1n) is 20.9. The maximum absolute atomic E-state index is 2.62. The summed E-state index contributed by atoms with van der Waals surface area (Å²) in [4.78, 5) is 2.50. The summed E-state index contributed by atoms with van der Waals surface area (Å²) in [5.74, 6) is 2.41. The van der Waals surface area contributed by atoms with E-state index in [1.807, 2.05) is 11.3 Å². The van der Waals surface area contributed by atoms with Crippen LogP contribution in [0.25, 0.3) is 58.8 Å². The number of para-hydroxylation sites is 3. The van der Waals surface area contributed by atoms with Crippen LogP contribution in [0, 0.1) is 23.7 Å². The Morgan fingerprint density at radius 1 is 0.632 bits per heavy atom. The minimum Gasteiger partial charge on any atom is -0.310 e. The molecule has 0 saturated heterocycles. The van der Waals surface area contributed by atoms with E-state index in [0.717, 1.165) is 11.4 Å². The van der Waals surface area contributed by atoms with Gasteiger partial charge in [-0.15, -0.1) is 11.3 Å². The molecule has 11 rings (SSSR count). The Kier molecular flexibility index (Phi) is 8.02. The third-order valence-corrected chi connectivity index (χ3v) is 14.7. The van der Waals surface area contributed by atoms with Gasteiger partial charge in [-0.05, 0) is 120 Å². The summed E-state index contributed by atoms with van der Waals surface area (Å²) < 4.78 is 5.30. The molecule has 0 radical (unpaired) electrons. The lowest BCUT2D eigenvalue weighted by Gasteiger charge is -2.54. The summed E-state index contributed by atoms with van der Waals surface area (Å²) in [5.41, 5.74) is 13.0. The monoisotopic (exact) mass is 756 g/mol. The minimum absolute atomic E-state index is 0.0662. The normalized spacial score (nSPS) is 20.3. The fourth-order valence-electron chi connectivity index (χ4n) is 11.5. The molecule has 1 unspecified atom stereocenters. The highest BCUT2D eigenvalue weighted by atomic mass is 32.1. The Balaban J connectivity index is 1.14. The van der Waals surface area contributed by atoms with Crippen molar-refractivity contribution in [2.24, 2.45) is 23.7 Å². The Labute approximate surface area is 340 Å². The second-order valence-corrected chi connectivity index (χ2v) is 18.5. The van der Waals surface area contributed by atoms with Crippen molar-refractivity contribution in [3.63, 3.8) is 0 Å². The number of benzene rings is 7. The molecule has 7 aromatic carbocycles. The van der Waals surface area contributed by atoms with Gasteiger partial charge in [-0.3, -0.25) is 0 Å². The lowest BCUT2D eigenvalue weighted by molar-refractivity contribution is 0.0970.